The van der Waals surface area contributed by atoms with Gasteiger partial charge in [-0.15, -0.1) is 0 Å². The van der Waals surface area contributed by atoms with Crippen LogP contribution in [0.4, 0.5) is 0 Å². The fourth-order valence-corrected chi connectivity index (χ4v) is 3.45. The SMILES string of the molecule is C/C=C/C1CCC(c2ccc(CCCCC)cc2)CC1. The molecule has 0 heterocycles. The average Bonchev–Trinajstić information content (AvgIpc) is 2.49. The Balaban J connectivity index is 1.84. The number of rotatable bonds is 6. The molecule has 1 aromatic rings. The molecule has 1 aliphatic carbocycles. The molecular weight excluding hydrogens is 240 g/mol. The first kappa shape index (κ1) is 15.4. The molecule has 1 fully saturated rings. The van der Waals surface area contributed by atoms with E-state index in [1.54, 1.807) is 5.56 Å². The van der Waals surface area contributed by atoms with Crippen LogP contribution in [-0.2, 0) is 6.42 Å². The normalized spacial score (nSPS) is 23.3. The monoisotopic (exact) mass is 270 g/mol. The van der Waals surface area contributed by atoms with E-state index in [0.717, 1.165) is 11.8 Å². The first-order valence-corrected chi connectivity index (χ1v) is 8.55. The summed E-state index contributed by atoms with van der Waals surface area (Å²) in [6.45, 7) is 4.41. The van der Waals surface area contributed by atoms with Gasteiger partial charge in [0, 0.05) is 0 Å². The Morgan fingerprint density at radius 1 is 1.00 bits per heavy atom. The van der Waals surface area contributed by atoms with Crippen molar-refractivity contribution in [2.24, 2.45) is 5.92 Å². The van der Waals surface area contributed by atoms with Crippen LogP contribution in [0.2, 0.25) is 0 Å². The second kappa shape index (κ2) is 8.29. The van der Waals surface area contributed by atoms with Gasteiger partial charge in [-0.2, -0.15) is 0 Å². The van der Waals surface area contributed by atoms with Crippen molar-refractivity contribution in [2.45, 2.75) is 71.1 Å². The first-order chi connectivity index (χ1) is 9.83. The summed E-state index contributed by atoms with van der Waals surface area (Å²) in [5, 5.41) is 0. The van der Waals surface area contributed by atoms with Gasteiger partial charge < -0.3 is 0 Å². The number of aryl methyl sites for hydroxylation is 1. The van der Waals surface area contributed by atoms with E-state index in [1.807, 2.05) is 0 Å². The number of hydrogen-bond donors (Lipinski definition) is 0. The van der Waals surface area contributed by atoms with Gasteiger partial charge in [0.2, 0.25) is 0 Å². The average molecular weight is 270 g/mol. The quantitative estimate of drug-likeness (QED) is 0.422. The molecular formula is C20H30. The second-order valence-electron chi connectivity index (χ2n) is 6.34. The largest absolute Gasteiger partial charge is 0.0914 e. The Labute approximate surface area is 125 Å². The number of hydrogen-bond acceptors (Lipinski definition) is 0. The third-order valence-electron chi connectivity index (χ3n) is 4.76. The molecule has 2 rings (SSSR count). The van der Waals surface area contributed by atoms with Crippen LogP contribution in [0.5, 0.6) is 0 Å². The number of benzene rings is 1. The molecule has 0 N–H and O–H groups in total. The fraction of sp³-hybridized carbons (Fsp3) is 0.600. The van der Waals surface area contributed by atoms with Gasteiger partial charge in [-0.3, -0.25) is 0 Å². The highest BCUT2D eigenvalue weighted by Gasteiger charge is 2.20. The molecule has 0 amide bonds. The van der Waals surface area contributed by atoms with Gasteiger partial charge in [-0.05, 0) is 68.4 Å². The Morgan fingerprint density at radius 2 is 1.70 bits per heavy atom. The summed E-state index contributed by atoms with van der Waals surface area (Å²) in [6, 6.07) is 9.51. The van der Waals surface area contributed by atoms with Gasteiger partial charge in [-0.25, -0.2) is 0 Å². The van der Waals surface area contributed by atoms with E-state index >= 15 is 0 Å². The van der Waals surface area contributed by atoms with Crippen LogP contribution < -0.4 is 0 Å². The van der Waals surface area contributed by atoms with Crippen molar-refractivity contribution >= 4 is 0 Å². The first-order valence-electron chi connectivity index (χ1n) is 8.55. The van der Waals surface area contributed by atoms with E-state index in [2.05, 4.69) is 50.3 Å². The topological polar surface area (TPSA) is 0 Å². The lowest BCUT2D eigenvalue weighted by Gasteiger charge is -2.27. The summed E-state index contributed by atoms with van der Waals surface area (Å²) < 4.78 is 0. The third kappa shape index (κ3) is 4.51. The predicted molar refractivity (Wildman–Crippen MR) is 89.2 cm³/mol. The molecule has 110 valence electrons. The summed E-state index contributed by atoms with van der Waals surface area (Å²) in [5.41, 5.74) is 3.09. The Bertz CT molecular complexity index is 391. The van der Waals surface area contributed by atoms with E-state index in [-0.39, 0.29) is 0 Å². The van der Waals surface area contributed by atoms with Crippen molar-refractivity contribution in [2.75, 3.05) is 0 Å². The molecule has 0 nitrogen and oxygen atoms in total. The molecule has 20 heavy (non-hydrogen) atoms. The molecule has 0 aromatic heterocycles. The van der Waals surface area contributed by atoms with Gasteiger partial charge in [0.25, 0.3) is 0 Å². The zero-order valence-electron chi connectivity index (χ0n) is 13.3. The molecule has 0 unspecified atom stereocenters. The summed E-state index contributed by atoms with van der Waals surface area (Å²) >= 11 is 0. The van der Waals surface area contributed by atoms with Gasteiger partial charge in [-0.1, -0.05) is 56.2 Å². The Kier molecular flexibility index (Phi) is 6.36. The highest BCUT2D eigenvalue weighted by Crippen LogP contribution is 2.36. The summed E-state index contributed by atoms with van der Waals surface area (Å²) in [4.78, 5) is 0. The maximum absolute atomic E-state index is 2.40. The molecule has 0 heteroatoms. The lowest BCUT2D eigenvalue weighted by atomic mass is 9.78. The van der Waals surface area contributed by atoms with Crippen molar-refractivity contribution in [1.29, 1.82) is 0 Å². The van der Waals surface area contributed by atoms with Crippen molar-refractivity contribution in [3.05, 3.63) is 47.5 Å². The van der Waals surface area contributed by atoms with Crippen molar-refractivity contribution in [3.63, 3.8) is 0 Å². The van der Waals surface area contributed by atoms with Gasteiger partial charge in [0.1, 0.15) is 0 Å². The highest BCUT2D eigenvalue weighted by molar-refractivity contribution is 5.26. The highest BCUT2D eigenvalue weighted by atomic mass is 14.2. The second-order valence-corrected chi connectivity index (χ2v) is 6.34. The van der Waals surface area contributed by atoms with Gasteiger partial charge in [0.15, 0.2) is 0 Å². The van der Waals surface area contributed by atoms with E-state index in [9.17, 15) is 0 Å². The van der Waals surface area contributed by atoms with Crippen LogP contribution in [0, 0.1) is 5.92 Å². The van der Waals surface area contributed by atoms with E-state index in [0.29, 0.717) is 0 Å². The smallest absolute Gasteiger partial charge is 0.0162 e. The number of allylic oxidation sites excluding steroid dienone is 2. The van der Waals surface area contributed by atoms with Crippen molar-refractivity contribution in [3.8, 4) is 0 Å². The maximum Gasteiger partial charge on any atom is -0.0162 e. The lowest BCUT2D eigenvalue weighted by Crippen LogP contribution is -2.11. The summed E-state index contributed by atoms with van der Waals surface area (Å²) in [6.07, 6.45) is 15.3. The van der Waals surface area contributed by atoms with Gasteiger partial charge in [0.05, 0.1) is 0 Å². The molecule has 0 bridgehead atoms. The molecule has 0 radical (unpaired) electrons. The standard InChI is InChI=1S/C20H30/c1-3-5-6-8-18-11-15-20(16-12-18)19-13-9-17(7-4-2)10-14-19/h4,7,11-12,15-17,19H,3,5-6,8-10,13-14H2,1-2H3/b7-4+. The zero-order valence-corrected chi connectivity index (χ0v) is 13.3. The third-order valence-corrected chi connectivity index (χ3v) is 4.76. The van der Waals surface area contributed by atoms with Crippen molar-refractivity contribution in [1.82, 2.24) is 0 Å². The zero-order chi connectivity index (χ0) is 14.2. The Morgan fingerprint density at radius 3 is 2.30 bits per heavy atom. The minimum Gasteiger partial charge on any atom is -0.0914 e. The molecule has 0 saturated heterocycles. The molecule has 1 saturated carbocycles. The van der Waals surface area contributed by atoms with Crippen LogP contribution in [0.3, 0.4) is 0 Å². The summed E-state index contributed by atoms with van der Waals surface area (Å²) in [7, 11) is 0. The molecule has 1 aliphatic rings. The van der Waals surface area contributed by atoms with E-state index in [4.69, 9.17) is 0 Å². The minimum atomic E-state index is 0.807. The van der Waals surface area contributed by atoms with Crippen LogP contribution in [0.25, 0.3) is 0 Å². The fourth-order valence-electron chi connectivity index (χ4n) is 3.45. The van der Waals surface area contributed by atoms with E-state index < -0.39 is 0 Å². The minimum absolute atomic E-state index is 0.807. The van der Waals surface area contributed by atoms with E-state index in [1.165, 1.54) is 56.9 Å². The summed E-state index contributed by atoms with van der Waals surface area (Å²) in [5.74, 6) is 1.64. The maximum atomic E-state index is 2.40. The van der Waals surface area contributed by atoms with Crippen molar-refractivity contribution < 1.29 is 0 Å². The lowest BCUT2D eigenvalue weighted by molar-refractivity contribution is 0.375. The van der Waals surface area contributed by atoms with Crippen LogP contribution in [0.1, 0.15) is 75.8 Å². The molecule has 0 atom stereocenters. The predicted octanol–water partition coefficient (Wildman–Crippen LogP) is 6.27. The van der Waals surface area contributed by atoms with Crippen LogP contribution in [-0.4, -0.2) is 0 Å². The van der Waals surface area contributed by atoms with Gasteiger partial charge >= 0.3 is 0 Å². The van der Waals surface area contributed by atoms with Crippen LogP contribution in [0.15, 0.2) is 36.4 Å². The van der Waals surface area contributed by atoms with Crippen LogP contribution >= 0.6 is 0 Å². The molecule has 1 aromatic carbocycles. The number of unbranched alkanes of at least 4 members (excludes halogenated alkanes) is 2. The Hall–Kier alpha value is -1.04. The molecule has 0 aliphatic heterocycles. The molecule has 0 spiro atoms.